The van der Waals surface area contributed by atoms with Crippen LogP contribution in [0.15, 0.2) is 0 Å². The van der Waals surface area contributed by atoms with Crippen LogP contribution >= 0.6 is 0 Å². The van der Waals surface area contributed by atoms with Crippen molar-refractivity contribution < 1.29 is 9.53 Å². The number of hydrogen-bond donors (Lipinski definition) is 0. The monoisotopic (exact) mass is 209 g/mol. The van der Waals surface area contributed by atoms with Crippen LogP contribution in [-0.4, -0.2) is 43.5 Å². The summed E-state index contributed by atoms with van der Waals surface area (Å²) >= 11 is 0. The number of ketones is 1. The molecule has 0 aromatic carbocycles. The fourth-order valence-corrected chi connectivity index (χ4v) is 3.48. The molecule has 3 fully saturated rings. The standard InChI is InChI=1S/C12H19NO2/c14-12-10-2-1-9(7-10)11(12)8-13-3-5-15-6-4-13/h9-11H,1-8H2/t9-,10+,11-/m0/s1. The van der Waals surface area contributed by atoms with Gasteiger partial charge in [-0.1, -0.05) is 0 Å². The van der Waals surface area contributed by atoms with Crippen LogP contribution in [0.2, 0.25) is 0 Å². The molecule has 84 valence electrons. The summed E-state index contributed by atoms with van der Waals surface area (Å²) in [6, 6.07) is 0. The molecule has 0 spiro atoms. The molecule has 2 saturated carbocycles. The second-order valence-electron chi connectivity index (χ2n) is 5.19. The van der Waals surface area contributed by atoms with Crippen LogP contribution in [0.1, 0.15) is 19.3 Å². The highest BCUT2D eigenvalue weighted by Gasteiger charge is 2.46. The summed E-state index contributed by atoms with van der Waals surface area (Å²) < 4.78 is 5.33. The summed E-state index contributed by atoms with van der Waals surface area (Å²) in [4.78, 5) is 14.4. The minimum absolute atomic E-state index is 0.363. The number of carbonyl (C=O) groups excluding carboxylic acids is 1. The van der Waals surface area contributed by atoms with Crippen LogP contribution in [0.3, 0.4) is 0 Å². The van der Waals surface area contributed by atoms with Gasteiger partial charge in [-0.3, -0.25) is 9.69 Å². The smallest absolute Gasteiger partial charge is 0.140 e. The van der Waals surface area contributed by atoms with Gasteiger partial charge in [-0.2, -0.15) is 0 Å². The second-order valence-corrected chi connectivity index (χ2v) is 5.19. The number of hydrogen-bond acceptors (Lipinski definition) is 3. The zero-order valence-corrected chi connectivity index (χ0v) is 9.15. The normalized spacial score (nSPS) is 41.3. The van der Waals surface area contributed by atoms with Gasteiger partial charge in [-0.25, -0.2) is 0 Å². The fourth-order valence-electron chi connectivity index (χ4n) is 3.48. The van der Waals surface area contributed by atoms with Gasteiger partial charge < -0.3 is 4.74 Å². The van der Waals surface area contributed by atoms with E-state index in [1.807, 2.05) is 0 Å². The van der Waals surface area contributed by atoms with E-state index in [2.05, 4.69) is 4.90 Å². The molecule has 2 aliphatic carbocycles. The van der Waals surface area contributed by atoms with E-state index in [9.17, 15) is 4.79 Å². The summed E-state index contributed by atoms with van der Waals surface area (Å²) in [6.07, 6.45) is 3.66. The molecule has 0 amide bonds. The van der Waals surface area contributed by atoms with Crippen LogP contribution in [0, 0.1) is 17.8 Å². The van der Waals surface area contributed by atoms with E-state index in [0.717, 1.165) is 32.8 Å². The molecule has 0 radical (unpaired) electrons. The largest absolute Gasteiger partial charge is 0.379 e. The number of Topliss-reactive ketones (excluding diaryl/α,β-unsaturated/α-hetero) is 1. The Labute approximate surface area is 90.8 Å². The van der Waals surface area contributed by atoms with Crippen molar-refractivity contribution in [1.82, 2.24) is 4.90 Å². The predicted octanol–water partition coefficient (Wildman–Crippen LogP) is 0.934. The van der Waals surface area contributed by atoms with Crippen LogP contribution in [0.25, 0.3) is 0 Å². The van der Waals surface area contributed by atoms with E-state index in [0.29, 0.717) is 23.5 Å². The molecule has 0 aromatic heterocycles. The number of rotatable bonds is 2. The minimum Gasteiger partial charge on any atom is -0.379 e. The summed E-state index contributed by atoms with van der Waals surface area (Å²) in [6.45, 7) is 4.72. The van der Waals surface area contributed by atoms with Gasteiger partial charge in [-0.05, 0) is 25.2 Å². The van der Waals surface area contributed by atoms with E-state index in [-0.39, 0.29) is 0 Å². The third-order valence-corrected chi connectivity index (χ3v) is 4.37. The Kier molecular flexibility index (Phi) is 2.53. The summed E-state index contributed by atoms with van der Waals surface area (Å²) in [5.41, 5.74) is 0. The maximum absolute atomic E-state index is 12.0. The molecular formula is C12H19NO2. The number of ether oxygens (including phenoxy) is 1. The molecular weight excluding hydrogens is 190 g/mol. The van der Waals surface area contributed by atoms with Gasteiger partial charge in [0.2, 0.25) is 0 Å². The molecule has 3 heteroatoms. The van der Waals surface area contributed by atoms with Gasteiger partial charge in [0.15, 0.2) is 0 Å². The highest BCUT2D eigenvalue weighted by molar-refractivity contribution is 5.87. The molecule has 2 bridgehead atoms. The summed E-state index contributed by atoms with van der Waals surface area (Å²) in [7, 11) is 0. The zero-order valence-electron chi connectivity index (χ0n) is 9.15. The van der Waals surface area contributed by atoms with E-state index in [1.54, 1.807) is 0 Å². The van der Waals surface area contributed by atoms with Crippen molar-refractivity contribution in [2.45, 2.75) is 19.3 Å². The molecule has 1 aliphatic heterocycles. The molecule has 3 nitrogen and oxygen atoms in total. The van der Waals surface area contributed by atoms with Crippen molar-refractivity contribution >= 4 is 5.78 Å². The van der Waals surface area contributed by atoms with E-state index >= 15 is 0 Å². The first-order valence-electron chi connectivity index (χ1n) is 6.18. The third kappa shape index (κ3) is 1.72. The lowest BCUT2D eigenvalue weighted by Crippen LogP contribution is -2.42. The molecule has 3 rings (SSSR count). The summed E-state index contributed by atoms with van der Waals surface area (Å²) in [5.74, 6) is 2.07. The highest BCUT2D eigenvalue weighted by atomic mass is 16.5. The van der Waals surface area contributed by atoms with E-state index < -0.39 is 0 Å². The van der Waals surface area contributed by atoms with Crippen LogP contribution in [-0.2, 0) is 9.53 Å². The van der Waals surface area contributed by atoms with Gasteiger partial charge in [0.05, 0.1) is 13.2 Å². The van der Waals surface area contributed by atoms with Crippen molar-refractivity contribution in [2.24, 2.45) is 17.8 Å². The van der Waals surface area contributed by atoms with Gasteiger partial charge >= 0.3 is 0 Å². The van der Waals surface area contributed by atoms with Crippen molar-refractivity contribution in [3.63, 3.8) is 0 Å². The first-order valence-corrected chi connectivity index (χ1v) is 6.18. The fraction of sp³-hybridized carbons (Fsp3) is 0.917. The van der Waals surface area contributed by atoms with Crippen LogP contribution < -0.4 is 0 Å². The van der Waals surface area contributed by atoms with Crippen LogP contribution in [0.4, 0.5) is 0 Å². The van der Waals surface area contributed by atoms with E-state index in [1.165, 1.54) is 19.3 Å². The first kappa shape index (κ1) is 9.79. The first-order chi connectivity index (χ1) is 7.34. The molecule has 3 aliphatic rings. The van der Waals surface area contributed by atoms with Crippen molar-refractivity contribution in [3.05, 3.63) is 0 Å². The number of carbonyl (C=O) groups is 1. The summed E-state index contributed by atoms with van der Waals surface area (Å²) in [5, 5.41) is 0. The Bertz CT molecular complexity index is 260. The van der Waals surface area contributed by atoms with Gasteiger partial charge in [0.25, 0.3) is 0 Å². The molecule has 3 atom stereocenters. The Balaban J connectivity index is 1.60. The van der Waals surface area contributed by atoms with Crippen LogP contribution in [0.5, 0.6) is 0 Å². The Hall–Kier alpha value is -0.410. The average Bonchev–Trinajstić information content (AvgIpc) is 2.84. The number of morpholine rings is 1. The van der Waals surface area contributed by atoms with Crippen molar-refractivity contribution in [3.8, 4) is 0 Å². The lowest BCUT2D eigenvalue weighted by atomic mass is 9.87. The molecule has 0 N–H and O–H groups in total. The number of fused-ring (bicyclic) bond motifs is 2. The van der Waals surface area contributed by atoms with Crippen molar-refractivity contribution in [1.29, 1.82) is 0 Å². The Morgan fingerprint density at radius 2 is 2.07 bits per heavy atom. The Morgan fingerprint density at radius 3 is 2.73 bits per heavy atom. The molecule has 15 heavy (non-hydrogen) atoms. The lowest BCUT2D eigenvalue weighted by Gasteiger charge is -2.31. The number of nitrogens with zero attached hydrogens (tertiary/aromatic N) is 1. The van der Waals surface area contributed by atoms with Gasteiger partial charge in [0, 0.05) is 31.5 Å². The molecule has 1 heterocycles. The van der Waals surface area contributed by atoms with E-state index in [4.69, 9.17) is 4.74 Å². The topological polar surface area (TPSA) is 29.5 Å². The Morgan fingerprint density at radius 1 is 1.27 bits per heavy atom. The third-order valence-electron chi connectivity index (χ3n) is 4.37. The quantitative estimate of drug-likeness (QED) is 0.677. The molecule has 1 saturated heterocycles. The van der Waals surface area contributed by atoms with Gasteiger partial charge in [0.1, 0.15) is 5.78 Å². The second kappa shape index (κ2) is 3.87. The maximum atomic E-state index is 12.0. The lowest BCUT2D eigenvalue weighted by molar-refractivity contribution is -0.126. The SMILES string of the molecule is O=C1[C@@H]2CC[C@@H](C2)[C@@H]1CN1CCOCC1. The highest BCUT2D eigenvalue weighted by Crippen LogP contribution is 2.46. The van der Waals surface area contributed by atoms with Gasteiger partial charge in [-0.15, -0.1) is 0 Å². The predicted molar refractivity (Wildman–Crippen MR) is 56.6 cm³/mol. The minimum atomic E-state index is 0.363. The maximum Gasteiger partial charge on any atom is 0.140 e. The molecule has 0 unspecified atom stereocenters. The van der Waals surface area contributed by atoms with Crippen molar-refractivity contribution in [2.75, 3.05) is 32.8 Å². The molecule has 0 aromatic rings. The average molecular weight is 209 g/mol. The zero-order chi connectivity index (χ0) is 10.3.